The summed E-state index contributed by atoms with van der Waals surface area (Å²) in [4.78, 5) is 14.3. The number of hydrogen-bond donors (Lipinski definition) is 3. The molecule has 1 saturated heterocycles. The molecular formula is C26H32ClN3O5S. The molecule has 194 valence electrons. The lowest BCUT2D eigenvalue weighted by atomic mass is 10.0. The predicted octanol–water partition coefficient (Wildman–Crippen LogP) is 2.91. The van der Waals surface area contributed by atoms with Gasteiger partial charge in [0.05, 0.1) is 11.5 Å². The second-order valence-electron chi connectivity index (χ2n) is 8.67. The number of carboxylic acid groups (broad SMARTS) is 1. The van der Waals surface area contributed by atoms with Gasteiger partial charge in [0.25, 0.3) is 0 Å². The maximum atomic E-state index is 12.6. The van der Waals surface area contributed by atoms with Crippen molar-refractivity contribution in [2.75, 3.05) is 39.3 Å². The van der Waals surface area contributed by atoms with Gasteiger partial charge in [-0.2, -0.15) is 4.72 Å². The van der Waals surface area contributed by atoms with Gasteiger partial charge in [0.2, 0.25) is 10.0 Å². The number of nitrogens with one attached hydrogen (secondary N) is 2. The minimum atomic E-state index is -3.94. The summed E-state index contributed by atoms with van der Waals surface area (Å²) >= 11 is 0. The third-order valence-corrected chi connectivity index (χ3v) is 7.55. The molecule has 8 nitrogen and oxygen atoms in total. The van der Waals surface area contributed by atoms with Crippen LogP contribution in [0, 0.1) is 0 Å². The smallest absolute Gasteiger partial charge is 0.322 e. The van der Waals surface area contributed by atoms with Crippen molar-refractivity contribution in [2.45, 2.75) is 23.8 Å². The number of sulfonamides is 1. The van der Waals surface area contributed by atoms with Crippen molar-refractivity contribution in [3.8, 4) is 5.75 Å². The van der Waals surface area contributed by atoms with Crippen LogP contribution in [0.25, 0.3) is 10.8 Å². The first-order valence-electron chi connectivity index (χ1n) is 11.8. The lowest BCUT2D eigenvalue weighted by molar-refractivity contribution is -0.138. The number of carboxylic acids is 1. The van der Waals surface area contributed by atoms with Gasteiger partial charge in [-0.3, -0.25) is 4.79 Å². The standard InChI is InChI=1S/C26H31N3O5S.ClH/c30-26(31)25(28-35(32,33)24-5-2-1-3-6-24)18-20-7-8-22-19-23(10-9-21(22)17-20)34-16-4-13-29-14-11-27-12-15-29;/h1-3,5-10,17,19,25,27-28H,4,11-16,18H2,(H,30,31);1H. The first kappa shape index (κ1) is 27.9. The predicted molar refractivity (Wildman–Crippen MR) is 143 cm³/mol. The van der Waals surface area contributed by atoms with E-state index in [0.717, 1.165) is 61.2 Å². The van der Waals surface area contributed by atoms with Gasteiger partial charge in [-0.15, -0.1) is 12.4 Å². The van der Waals surface area contributed by atoms with E-state index in [1.807, 2.05) is 36.4 Å². The Morgan fingerprint density at radius 2 is 1.72 bits per heavy atom. The van der Waals surface area contributed by atoms with Crippen LogP contribution in [0.15, 0.2) is 71.6 Å². The lowest BCUT2D eigenvalue weighted by Gasteiger charge is -2.26. The zero-order valence-corrected chi connectivity index (χ0v) is 21.6. The van der Waals surface area contributed by atoms with Crippen molar-refractivity contribution in [1.29, 1.82) is 0 Å². The van der Waals surface area contributed by atoms with Crippen LogP contribution in [0.4, 0.5) is 0 Å². The number of hydrogen-bond acceptors (Lipinski definition) is 6. The number of ether oxygens (including phenoxy) is 1. The molecule has 1 atom stereocenters. The van der Waals surface area contributed by atoms with E-state index in [1.165, 1.54) is 12.1 Å². The Labute approximate surface area is 218 Å². The Bertz CT molecular complexity index is 1250. The SMILES string of the molecule is Cl.O=C(O)C(Cc1ccc2cc(OCCCN3CCNCC3)ccc2c1)NS(=O)(=O)c1ccccc1. The maximum absolute atomic E-state index is 12.6. The van der Waals surface area contributed by atoms with Gasteiger partial charge in [0.1, 0.15) is 11.8 Å². The summed E-state index contributed by atoms with van der Waals surface area (Å²) in [7, 11) is -3.94. The Hall–Kier alpha value is -2.69. The third-order valence-electron chi connectivity index (χ3n) is 6.06. The molecule has 1 unspecified atom stereocenters. The molecule has 10 heteroatoms. The highest BCUT2D eigenvalue weighted by Crippen LogP contribution is 2.23. The van der Waals surface area contributed by atoms with E-state index in [1.54, 1.807) is 18.2 Å². The van der Waals surface area contributed by atoms with Crippen molar-refractivity contribution in [3.05, 3.63) is 72.3 Å². The van der Waals surface area contributed by atoms with Gasteiger partial charge in [-0.25, -0.2) is 8.42 Å². The largest absolute Gasteiger partial charge is 0.494 e. The fourth-order valence-corrected chi connectivity index (χ4v) is 5.38. The van der Waals surface area contributed by atoms with E-state index in [4.69, 9.17) is 4.74 Å². The van der Waals surface area contributed by atoms with Crippen LogP contribution in [0.3, 0.4) is 0 Å². The molecule has 1 fully saturated rings. The summed E-state index contributed by atoms with van der Waals surface area (Å²) in [5.41, 5.74) is 0.727. The molecule has 3 aromatic rings. The number of aliphatic carboxylic acids is 1. The molecule has 1 heterocycles. The Kier molecular flexibility index (Phi) is 10.1. The Balaban J connectivity index is 0.00000361. The average Bonchev–Trinajstić information content (AvgIpc) is 2.87. The molecule has 0 spiro atoms. The van der Waals surface area contributed by atoms with Crippen LogP contribution >= 0.6 is 12.4 Å². The van der Waals surface area contributed by atoms with Crippen molar-refractivity contribution >= 4 is 39.2 Å². The van der Waals surface area contributed by atoms with Gasteiger partial charge in [-0.05, 0) is 53.4 Å². The summed E-state index contributed by atoms with van der Waals surface area (Å²) in [6, 6.07) is 17.9. The van der Waals surface area contributed by atoms with E-state index in [9.17, 15) is 18.3 Å². The zero-order valence-electron chi connectivity index (χ0n) is 19.9. The molecule has 4 rings (SSSR count). The Morgan fingerprint density at radius 3 is 2.44 bits per heavy atom. The van der Waals surface area contributed by atoms with Crippen molar-refractivity contribution < 1.29 is 23.1 Å². The molecule has 3 aromatic carbocycles. The third kappa shape index (κ3) is 7.65. The highest BCUT2D eigenvalue weighted by molar-refractivity contribution is 7.89. The van der Waals surface area contributed by atoms with Gasteiger partial charge in [0.15, 0.2) is 0 Å². The van der Waals surface area contributed by atoms with E-state index in [2.05, 4.69) is 14.9 Å². The topological polar surface area (TPSA) is 108 Å². The van der Waals surface area contributed by atoms with Crippen molar-refractivity contribution in [3.63, 3.8) is 0 Å². The van der Waals surface area contributed by atoms with Crippen LogP contribution in [0.1, 0.15) is 12.0 Å². The van der Waals surface area contributed by atoms with E-state index >= 15 is 0 Å². The highest BCUT2D eigenvalue weighted by atomic mass is 35.5. The van der Waals surface area contributed by atoms with Crippen LogP contribution in [-0.2, 0) is 21.2 Å². The number of fused-ring (bicyclic) bond motifs is 1. The summed E-state index contributed by atoms with van der Waals surface area (Å²) in [5, 5.41) is 14.9. The van der Waals surface area contributed by atoms with Crippen molar-refractivity contribution in [2.24, 2.45) is 0 Å². The fraction of sp³-hybridized carbons (Fsp3) is 0.346. The molecule has 0 bridgehead atoms. The summed E-state index contributed by atoms with van der Waals surface area (Å²) in [5.74, 6) is -0.432. The zero-order chi connectivity index (χ0) is 24.7. The van der Waals surface area contributed by atoms with Crippen LogP contribution < -0.4 is 14.8 Å². The number of piperazine rings is 1. The summed E-state index contributed by atoms with van der Waals surface area (Å²) in [6.45, 7) is 5.91. The molecule has 0 amide bonds. The molecule has 0 radical (unpaired) electrons. The minimum Gasteiger partial charge on any atom is -0.494 e. The van der Waals surface area contributed by atoms with Crippen LogP contribution in [0.2, 0.25) is 0 Å². The normalized spacial score (nSPS) is 15.2. The average molecular weight is 534 g/mol. The van der Waals surface area contributed by atoms with E-state index < -0.39 is 22.0 Å². The van der Waals surface area contributed by atoms with Crippen LogP contribution in [0.5, 0.6) is 5.75 Å². The first-order chi connectivity index (χ1) is 16.9. The van der Waals surface area contributed by atoms with E-state index in [0.29, 0.717) is 6.61 Å². The van der Waals surface area contributed by atoms with Gasteiger partial charge in [0, 0.05) is 32.7 Å². The van der Waals surface area contributed by atoms with Crippen LogP contribution in [-0.4, -0.2) is 69.8 Å². The van der Waals surface area contributed by atoms with Gasteiger partial charge >= 0.3 is 5.97 Å². The second-order valence-corrected chi connectivity index (χ2v) is 10.4. The van der Waals surface area contributed by atoms with Crippen molar-refractivity contribution in [1.82, 2.24) is 14.9 Å². The molecule has 3 N–H and O–H groups in total. The van der Waals surface area contributed by atoms with E-state index in [-0.39, 0.29) is 23.7 Å². The van der Waals surface area contributed by atoms with Gasteiger partial charge < -0.3 is 20.1 Å². The quantitative estimate of drug-likeness (QED) is 0.325. The molecule has 36 heavy (non-hydrogen) atoms. The second kappa shape index (κ2) is 13.0. The molecule has 0 saturated carbocycles. The molecular weight excluding hydrogens is 502 g/mol. The first-order valence-corrected chi connectivity index (χ1v) is 13.3. The Morgan fingerprint density at radius 1 is 1.03 bits per heavy atom. The summed E-state index contributed by atoms with van der Waals surface area (Å²) in [6.07, 6.45) is 0.994. The maximum Gasteiger partial charge on any atom is 0.322 e. The number of benzene rings is 3. The van der Waals surface area contributed by atoms with Gasteiger partial charge in [-0.1, -0.05) is 42.5 Å². The number of carbonyl (C=O) groups is 1. The minimum absolute atomic E-state index is 0. The summed E-state index contributed by atoms with van der Waals surface area (Å²) < 4.78 is 33.4. The number of nitrogens with zero attached hydrogens (tertiary/aromatic N) is 1. The molecule has 0 aliphatic carbocycles. The highest BCUT2D eigenvalue weighted by Gasteiger charge is 2.25. The molecule has 0 aromatic heterocycles. The lowest BCUT2D eigenvalue weighted by Crippen LogP contribution is -2.43. The fourth-order valence-electron chi connectivity index (χ4n) is 4.17. The number of halogens is 1. The monoisotopic (exact) mass is 533 g/mol. The molecule has 1 aliphatic heterocycles. The molecule has 1 aliphatic rings. The number of rotatable bonds is 11.